The van der Waals surface area contributed by atoms with E-state index in [1.165, 1.54) is 6.42 Å². The zero-order valence-corrected chi connectivity index (χ0v) is 10.4. The summed E-state index contributed by atoms with van der Waals surface area (Å²) in [5.41, 5.74) is 0. The molecule has 0 aromatic carbocycles. The van der Waals surface area contributed by atoms with E-state index in [1.807, 2.05) is 0 Å². The van der Waals surface area contributed by atoms with Gasteiger partial charge >= 0.3 is 73.1 Å². The summed E-state index contributed by atoms with van der Waals surface area (Å²) in [6.45, 7) is 4.25. The van der Waals surface area contributed by atoms with Gasteiger partial charge in [0.25, 0.3) is 0 Å². The van der Waals surface area contributed by atoms with Gasteiger partial charge in [-0.2, -0.15) is 0 Å². The first-order valence-electron chi connectivity index (χ1n) is 4.48. The molecule has 0 atom stereocenters. The van der Waals surface area contributed by atoms with E-state index in [-0.39, 0.29) is 51.4 Å². The molecule has 0 unspecified atom stereocenters. The van der Waals surface area contributed by atoms with Gasteiger partial charge in [0.05, 0.1) is 0 Å². The predicted octanol–water partition coefficient (Wildman–Crippen LogP) is 4.28. The van der Waals surface area contributed by atoms with Gasteiger partial charge in [0.2, 0.25) is 0 Å². The van der Waals surface area contributed by atoms with Gasteiger partial charge < -0.3 is 56.9 Å². The molecule has 21 heavy (non-hydrogen) atoms. The molecule has 0 bridgehead atoms. The van der Waals surface area contributed by atoms with Crippen LogP contribution >= 0.6 is 0 Å². The molecule has 0 fully saturated rings. The SMILES string of the molecule is CCC.CO.F[B-](F)(F)F.F[B-](F)(F)F.F[B-](F)(F)F.[KH]. The number of rotatable bonds is 0. The van der Waals surface area contributed by atoms with Crippen LogP contribution in [0.4, 0.5) is 51.8 Å². The quantitative estimate of drug-likeness (QED) is 0.494. The second kappa shape index (κ2) is 21.0. The van der Waals surface area contributed by atoms with E-state index in [0.29, 0.717) is 0 Å². The summed E-state index contributed by atoms with van der Waals surface area (Å²) in [5.74, 6) is 0. The molecule has 0 saturated carbocycles. The van der Waals surface area contributed by atoms with Gasteiger partial charge in [-0.15, -0.1) is 0 Å². The number of hydrogen-bond acceptors (Lipinski definition) is 1. The normalized spacial score (nSPS) is 9.71. The van der Waals surface area contributed by atoms with Crippen molar-refractivity contribution in [1.29, 1.82) is 0 Å². The van der Waals surface area contributed by atoms with Crippen molar-refractivity contribution in [2.24, 2.45) is 0 Å². The summed E-state index contributed by atoms with van der Waals surface area (Å²) in [4.78, 5) is 0. The van der Waals surface area contributed by atoms with E-state index >= 15 is 0 Å². The molecule has 0 amide bonds. The van der Waals surface area contributed by atoms with Crippen LogP contribution in [0.3, 0.4) is 0 Å². The molecule has 1 N–H and O–H groups in total. The number of halogens is 12. The Labute approximate surface area is 156 Å². The van der Waals surface area contributed by atoms with E-state index < -0.39 is 21.8 Å². The van der Waals surface area contributed by atoms with Crippen molar-refractivity contribution in [1.82, 2.24) is 0 Å². The minimum absolute atomic E-state index is 0. The fourth-order valence-corrected chi connectivity index (χ4v) is 0. The molecule has 0 aromatic heterocycles. The third-order valence-electron chi connectivity index (χ3n) is 0. The van der Waals surface area contributed by atoms with E-state index in [9.17, 15) is 51.8 Å². The maximum absolute atomic E-state index is 9.75. The summed E-state index contributed by atoms with van der Waals surface area (Å²) in [6, 6.07) is 0. The molecule has 0 aromatic rings. The monoisotopic (exact) mass is 377 g/mol. The van der Waals surface area contributed by atoms with Crippen LogP contribution in [-0.4, -0.2) is 85.4 Å². The van der Waals surface area contributed by atoms with Crippen molar-refractivity contribution in [2.45, 2.75) is 20.3 Å². The first-order valence-corrected chi connectivity index (χ1v) is 4.48. The van der Waals surface area contributed by atoms with Crippen LogP contribution in [0.15, 0.2) is 0 Å². The molecule has 0 radical (unpaired) electrons. The van der Waals surface area contributed by atoms with Crippen molar-refractivity contribution in [3.05, 3.63) is 0 Å². The van der Waals surface area contributed by atoms with Crippen LogP contribution in [0.25, 0.3) is 0 Å². The number of hydrogen-bond donors (Lipinski definition) is 1. The second-order valence-electron chi connectivity index (χ2n) is 2.19. The van der Waals surface area contributed by atoms with Crippen LogP contribution in [-0.2, 0) is 0 Å². The Hall–Kier alpha value is 0.951. The maximum atomic E-state index is 9.75. The van der Waals surface area contributed by atoms with Crippen LogP contribution < -0.4 is 0 Å². The summed E-state index contributed by atoms with van der Waals surface area (Å²) < 4.78 is 117. The van der Waals surface area contributed by atoms with E-state index in [4.69, 9.17) is 5.11 Å². The Kier molecular flexibility index (Phi) is 37.8. The summed E-state index contributed by atoms with van der Waals surface area (Å²) in [7, 11) is -17.0. The fourth-order valence-electron chi connectivity index (χ4n) is 0. The number of aliphatic hydroxyl groups is 1. The van der Waals surface area contributed by atoms with E-state index in [2.05, 4.69) is 13.8 Å². The van der Waals surface area contributed by atoms with E-state index in [1.54, 1.807) is 0 Å². The predicted molar refractivity (Wildman–Crippen MR) is 61.8 cm³/mol. The second-order valence-corrected chi connectivity index (χ2v) is 2.19. The third-order valence-corrected chi connectivity index (χ3v) is 0. The third kappa shape index (κ3) is 8320. The Morgan fingerprint density at radius 2 is 0.524 bits per heavy atom. The van der Waals surface area contributed by atoms with Crippen LogP contribution in [0.2, 0.25) is 0 Å². The Morgan fingerprint density at radius 3 is 0.524 bits per heavy atom. The zero-order chi connectivity index (χ0) is 18.2. The average molecular weight is 377 g/mol. The Bertz CT molecular complexity index is 123. The molecule has 0 aliphatic carbocycles. The molecular weight excluding hydrogens is 364 g/mol. The van der Waals surface area contributed by atoms with Gasteiger partial charge in [-0.3, -0.25) is 0 Å². The van der Waals surface area contributed by atoms with Gasteiger partial charge in [-0.1, -0.05) is 20.3 Å². The van der Waals surface area contributed by atoms with Crippen molar-refractivity contribution in [3.63, 3.8) is 0 Å². The first kappa shape index (κ1) is 37.9. The molecule has 0 saturated heterocycles. The van der Waals surface area contributed by atoms with Crippen molar-refractivity contribution >= 4 is 73.1 Å². The van der Waals surface area contributed by atoms with Crippen molar-refractivity contribution < 1.29 is 56.9 Å². The van der Waals surface area contributed by atoms with Crippen LogP contribution in [0, 0.1) is 0 Å². The van der Waals surface area contributed by atoms with Crippen molar-refractivity contribution in [3.8, 4) is 0 Å². The molecule has 0 aliphatic heterocycles. The molecule has 17 heteroatoms. The van der Waals surface area contributed by atoms with Gasteiger partial charge in [-0.05, 0) is 0 Å². The van der Waals surface area contributed by atoms with Gasteiger partial charge in [0.1, 0.15) is 0 Å². The topological polar surface area (TPSA) is 20.2 Å². The van der Waals surface area contributed by atoms with Gasteiger partial charge in [0, 0.05) is 7.11 Å². The van der Waals surface area contributed by atoms with Crippen LogP contribution in [0.5, 0.6) is 0 Å². The van der Waals surface area contributed by atoms with E-state index in [0.717, 1.165) is 7.11 Å². The van der Waals surface area contributed by atoms with Crippen molar-refractivity contribution in [2.75, 3.05) is 7.11 Å². The van der Waals surface area contributed by atoms with Gasteiger partial charge in [0.15, 0.2) is 0 Å². The Balaban J connectivity index is -0.0000000343. The Morgan fingerprint density at radius 1 is 0.524 bits per heavy atom. The summed E-state index contributed by atoms with van der Waals surface area (Å²) >= 11 is 0. The molecule has 0 heterocycles. The molecular formula is C4H13B3F12KO-3. The average Bonchev–Trinajstić information content (AvgIpc) is 1.97. The minimum atomic E-state index is -6.00. The standard InChI is InChI=1S/C3H8.CH4O.3BF4.K.H/c1-3-2;1-2;3*2-1(3,4)5;;/h3H2,1-2H3;2H,1H3;;;;;/q;;3*-1;;. The molecule has 0 aliphatic rings. The van der Waals surface area contributed by atoms with Gasteiger partial charge in [-0.25, -0.2) is 0 Å². The molecule has 1 nitrogen and oxygen atoms in total. The molecule has 132 valence electrons. The summed E-state index contributed by atoms with van der Waals surface area (Å²) in [6.07, 6.45) is 1.25. The number of aliphatic hydroxyl groups excluding tert-OH is 1. The van der Waals surface area contributed by atoms with Crippen LogP contribution in [0.1, 0.15) is 20.3 Å². The summed E-state index contributed by atoms with van der Waals surface area (Å²) in [5, 5.41) is 7.00. The molecule has 0 rings (SSSR count). The molecule has 0 spiro atoms. The fraction of sp³-hybridized carbons (Fsp3) is 1.00. The first-order chi connectivity index (χ1) is 8.41. The zero-order valence-electron chi connectivity index (χ0n) is 10.4.